The summed E-state index contributed by atoms with van der Waals surface area (Å²) in [6.45, 7) is 7.04. The lowest BCUT2D eigenvalue weighted by molar-refractivity contribution is -0.162. The summed E-state index contributed by atoms with van der Waals surface area (Å²) in [6.07, 6.45) is 1.40. The van der Waals surface area contributed by atoms with Gasteiger partial charge in [-0.1, -0.05) is 30.3 Å². The molecule has 1 fully saturated rings. The highest BCUT2D eigenvalue weighted by Crippen LogP contribution is 2.39. The van der Waals surface area contributed by atoms with E-state index in [-0.39, 0.29) is 12.7 Å². The maximum Gasteiger partial charge on any atom is 0.164 e. The molecule has 0 bridgehead atoms. The summed E-state index contributed by atoms with van der Waals surface area (Å²) in [6, 6.07) is 10.1. The number of benzene rings is 1. The minimum Gasteiger partial charge on any atom is -0.394 e. The van der Waals surface area contributed by atoms with Crippen molar-refractivity contribution in [3.05, 3.63) is 35.9 Å². The molecule has 4 heteroatoms. The van der Waals surface area contributed by atoms with E-state index in [2.05, 4.69) is 12.1 Å². The molecule has 0 amide bonds. The SMILES string of the molecule is CC1(C)O[C@H](CO)[C@](C)(CCCOCc2ccccc2)O1. The van der Waals surface area contributed by atoms with E-state index in [1.54, 1.807) is 0 Å². The molecule has 1 aliphatic heterocycles. The van der Waals surface area contributed by atoms with Crippen LogP contribution in [0, 0.1) is 0 Å². The van der Waals surface area contributed by atoms with Gasteiger partial charge in [-0.05, 0) is 39.2 Å². The summed E-state index contributed by atoms with van der Waals surface area (Å²) in [7, 11) is 0. The molecule has 118 valence electrons. The van der Waals surface area contributed by atoms with E-state index in [4.69, 9.17) is 14.2 Å². The van der Waals surface area contributed by atoms with Crippen LogP contribution in [0.15, 0.2) is 30.3 Å². The van der Waals surface area contributed by atoms with Crippen LogP contribution in [0.4, 0.5) is 0 Å². The fraction of sp³-hybridized carbons (Fsp3) is 0.647. The molecule has 0 aliphatic carbocycles. The fourth-order valence-electron chi connectivity index (χ4n) is 2.85. The van der Waals surface area contributed by atoms with E-state index in [1.165, 1.54) is 5.56 Å². The molecule has 1 heterocycles. The molecule has 1 aromatic rings. The van der Waals surface area contributed by atoms with Gasteiger partial charge in [-0.3, -0.25) is 0 Å². The maximum absolute atomic E-state index is 9.45. The minimum atomic E-state index is -0.632. The summed E-state index contributed by atoms with van der Waals surface area (Å²) >= 11 is 0. The number of aliphatic hydroxyl groups excluding tert-OH is 1. The van der Waals surface area contributed by atoms with Gasteiger partial charge in [0.2, 0.25) is 0 Å². The van der Waals surface area contributed by atoms with Crippen molar-refractivity contribution in [2.75, 3.05) is 13.2 Å². The van der Waals surface area contributed by atoms with Crippen molar-refractivity contribution in [3.8, 4) is 0 Å². The van der Waals surface area contributed by atoms with Crippen LogP contribution in [0.3, 0.4) is 0 Å². The standard InChI is InChI=1S/C17H26O4/c1-16(2)20-15(12-18)17(3,21-16)10-7-11-19-13-14-8-5-4-6-9-14/h4-6,8-9,15,18H,7,10-13H2,1-3H3/t15-,17+/m1/s1. The summed E-state index contributed by atoms with van der Waals surface area (Å²) in [5.41, 5.74) is 0.729. The van der Waals surface area contributed by atoms with Gasteiger partial charge >= 0.3 is 0 Å². The lowest BCUT2D eigenvalue weighted by atomic mass is 9.94. The predicted octanol–water partition coefficient (Wildman–Crippen LogP) is 2.89. The van der Waals surface area contributed by atoms with Gasteiger partial charge in [0.15, 0.2) is 5.79 Å². The number of rotatable bonds is 7. The predicted molar refractivity (Wildman–Crippen MR) is 80.9 cm³/mol. The van der Waals surface area contributed by atoms with Crippen LogP contribution in [0.25, 0.3) is 0 Å². The molecule has 0 saturated carbocycles. The first-order chi connectivity index (χ1) is 9.95. The number of hydrogen-bond donors (Lipinski definition) is 1. The Hall–Kier alpha value is -0.940. The molecule has 1 aliphatic rings. The Morgan fingerprint density at radius 3 is 2.57 bits per heavy atom. The zero-order valence-corrected chi connectivity index (χ0v) is 13.2. The zero-order valence-electron chi connectivity index (χ0n) is 13.2. The second-order valence-corrected chi connectivity index (χ2v) is 6.25. The second-order valence-electron chi connectivity index (χ2n) is 6.25. The van der Waals surface area contributed by atoms with Gasteiger partial charge in [0, 0.05) is 6.61 Å². The molecule has 2 rings (SSSR count). The molecule has 1 aromatic carbocycles. The molecule has 1 saturated heterocycles. The van der Waals surface area contributed by atoms with Crippen molar-refractivity contribution in [2.24, 2.45) is 0 Å². The van der Waals surface area contributed by atoms with Gasteiger partial charge < -0.3 is 19.3 Å². The van der Waals surface area contributed by atoms with Crippen molar-refractivity contribution in [3.63, 3.8) is 0 Å². The van der Waals surface area contributed by atoms with E-state index < -0.39 is 11.4 Å². The first-order valence-corrected chi connectivity index (χ1v) is 7.56. The Labute approximate surface area is 127 Å². The van der Waals surface area contributed by atoms with Gasteiger partial charge in [0.1, 0.15) is 6.10 Å². The highest BCUT2D eigenvalue weighted by molar-refractivity contribution is 5.13. The largest absolute Gasteiger partial charge is 0.394 e. The van der Waals surface area contributed by atoms with Crippen LogP contribution in [0.1, 0.15) is 39.2 Å². The van der Waals surface area contributed by atoms with Gasteiger partial charge in [0.25, 0.3) is 0 Å². The summed E-state index contributed by atoms with van der Waals surface area (Å²) < 4.78 is 17.4. The first kappa shape index (κ1) is 16.4. The third-order valence-corrected chi connectivity index (χ3v) is 3.83. The Bertz CT molecular complexity index is 432. The molecule has 2 atom stereocenters. The molecule has 0 radical (unpaired) electrons. The Balaban J connectivity index is 1.72. The van der Waals surface area contributed by atoms with Crippen LogP contribution < -0.4 is 0 Å². The Kier molecular flexibility index (Phi) is 5.38. The molecule has 0 spiro atoms. The van der Waals surface area contributed by atoms with Crippen LogP contribution in [0.5, 0.6) is 0 Å². The van der Waals surface area contributed by atoms with Gasteiger partial charge in [-0.15, -0.1) is 0 Å². The van der Waals surface area contributed by atoms with E-state index in [1.807, 2.05) is 39.0 Å². The fourth-order valence-corrected chi connectivity index (χ4v) is 2.85. The normalized spacial score (nSPS) is 27.9. The van der Waals surface area contributed by atoms with Crippen LogP contribution in [-0.2, 0) is 20.8 Å². The first-order valence-electron chi connectivity index (χ1n) is 7.56. The molecule has 0 aromatic heterocycles. The minimum absolute atomic E-state index is 0.0230. The van der Waals surface area contributed by atoms with Crippen molar-refractivity contribution >= 4 is 0 Å². The van der Waals surface area contributed by atoms with E-state index >= 15 is 0 Å². The maximum atomic E-state index is 9.45. The van der Waals surface area contributed by atoms with Crippen LogP contribution in [0.2, 0.25) is 0 Å². The topological polar surface area (TPSA) is 47.9 Å². The van der Waals surface area contributed by atoms with Crippen molar-refractivity contribution in [2.45, 2.75) is 57.7 Å². The molecule has 4 nitrogen and oxygen atoms in total. The number of hydrogen-bond acceptors (Lipinski definition) is 4. The molecular weight excluding hydrogens is 268 g/mol. The van der Waals surface area contributed by atoms with Gasteiger partial charge in [-0.25, -0.2) is 0 Å². The average molecular weight is 294 g/mol. The highest BCUT2D eigenvalue weighted by Gasteiger charge is 2.49. The Morgan fingerprint density at radius 1 is 1.19 bits per heavy atom. The highest BCUT2D eigenvalue weighted by atomic mass is 16.8. The Morgan fingerprint density at radius 2 is 1.90 bits per heavy atom. The second kappa shape index (κ2) is 6.88. The molecule has 1 N–H and O–H groups in total. The smallest absolute Gasteiger partial charge is 0.164 e. The number of aliphatic hydroxyl groups is 1. The monoisotopic (exact) mass is 294 g/mol. The lowest BCUT2D eigenvalue weighted by Gasteiger charge is -2.28. The summed E-state index contributed by atoms with van der Waals surface area (Å²) in [5, 5.41) is 9.45. The zero-order chi connectivity index (χ0) is 15.3. The van der Waals surface area contributed by atoms with E-state index in [9.17, 15) is 5.11 Å². The number of ether oxygens (including phenoxy) is 3. The quantitative estimate of drug-likeness (QED) is 0.786. The van der Waals surface area contributed by atoms with Crippen molar-refractivity contribution < 1.29 is 19.3 Å². The third-order valence-electron chi connectivity index (χ3n) is 3.83. The molecular formula is C17H26O4. The van der Waals surface area contributed by atoms with Crippen molar-refractivity contribution in [1.29, 1.82) is 0 Å². The third kappa shape index (κ3) is 4.51. The summed E-state index contributed by atoms with van der Waals surface area (Å²) in [4.78, 5) is 0. The van der Waals surface area contributed by atoms with Crippen LogP contribution >= 0.6 is 0 Å². The molecule has 0 unspecified atom stereocenters. The van der Waals surface area contributed by atoms with E-state index in [0.29, 0.717) is 13.2 Å². The van der Waals surface area contributed by atoms with E-state index in [0.717, 1.165) is 12.8 Å². The summed E-state index contributed by atoms with van der Waals surface area (Å²) in [5.74, 6) is -0.632. The molecule has 21 heavy (non-hydrogen) atoms. The van der Waals surface area contributed by atoms with Crippen LogP contribution in [-0.4, -0.2) is 35.8 Å². The van der Waals surface area contributed by atoms with Gasteiger partial charge in [-0.2, -0.15) is 0 Å². The van der Waals surface area contributed by atoms with Gasteiger partial charge in [0.05, 0.1) is 18.8 Å². The average Bonchev–Trinajstić information content (AvgIpc) is 2.69. The lowest BCUT2D eigenvalue weighted by Crippen LogP contribution is -2.39. The van der Waals surface area contributed by atoms with Crippen molar-refractivity contribution in [1.82, 2.24) is 0 Å².